The highest BCUT2D eigenvalue weighted by atomic mass is 16.2. The van der Waals surface area contributed by atoms with Crippen LogP contribution in [0.2, 0.25) is 0 Å². The lowest BCUT2D eigenvalue weighted by molar-refractivity contribution is 0.247. The highest BCUT2D eigenvalue weighted by molar-refractivity contribution is 5.89. The van der Waals surface area contributed by atoms with Crippen molar-refractivity contribution in [2.24, 2.45) is 5.73 Å². The van der Waals surface area contributed by atoms with Crippen LogP contribution in [0.15, 0.2) is 24.3 Å². The summed E-state index contributed by atoms with van der Waals surface area (Å²) in [6, 6.07) is 7.69. The molecule has 0 fully saturated rings. The van der Waals surface area contributed by atoms with Gasteiger partial charge in [-0.1, -0.05) is 19.1 Å². The number of anilines is 1. The molecule has 0 aliphatic heterocycles. The van der Waals surface area contributed by atoms with Gasteiger partial charge in [0.2, 0.25) is 0 Å². The number of hydrogen-bond acceptors (Lipinski definition) is 2. The number of nitrogens with two attached hydrogens (primary N) is 1. The van der Waals surface area contributed by atoms with Crippen LogP contribution >= 0.6 is 0 Å². The maximum Gasteiger partial charge on any atom is 0.319 e. The van der Waals surface area contributed by atoms with Crippen LogP contribution in [0.4, 0.5) is 10.5 Å². The predicted octanol–water partition coefficient (Wildman–Crippen LogP) is 2.24. The topological polar surface area (TPSA) is 67.1 Å². The molecule has 0 saturated heterocycles. The number of nitrogens with one attached hydrogen (secondary N) is 2. The zero-order valence-electron chi connectivity index (χ0n) is 10.5. The molecule has 4 heteroatoms. The summed E-state index contributed by atoms with van der Waals surface area (Å²) in [5, 5.41) is 5.72. The Balaban J connectivity index is 2.49. The van der Waals surface area contributed by atoms with Gasteiger partial charge in [-0.3, -0.25) is 0 Å². The van der Waals surface area contributed by atoms with Gasteiger partial charge >= 0.3 is 6.03 Å². The fourth-order valence-electron chi connectivity index (χ4n) is 1.65. The third-order valence-electron chi connectivity index (χ3n) is 2.62. The summed E-state index contributed by atoms with van der Waals surface area (Å²) in [6.45, 7) is 4.61. The van der Waals surface area contributed by atoms with E-state index < -0.39 is 0 Å². The largest absolute Gasteiger partial charge is 0.335 e. The average molecular weight is 235 g/mol. The summed E-state index contributed by atoms with van der Waals surface area (Å²) in [5.74, 6) is 0. The molecule has 0 aromatic heterocycles. The van der Waals surface area contributed by atoms with Crippen molar-refractivity contribution in [2.45, 2.75) is 32.7 Å². The molecule has 0 aliphatic rings. The molecule has 0 aliphatic carbocycles. The summed E-state index contributed by atoms with van der Waals surface area (Å²) in [6.07, 6.45) is 1.69. The second-order valence-corrected chi connectivity index (χ2v) is 4.15. The molecule has 0 heterocycles. The van der Waals surface area contributed by atoms with Gasteiger partial charge in [-0.15, -0.1) is 0 Å². The Kier molecular flexibility index (Phi) is 5.49. The van der Waals surface area contributed by atoms with Gasteiger partial charge in [-0.2, -0.15) is 0 Å². The summed E-state index contributed by atoms with van der Waals surface area (Å²) in [5.41, 5.74) is 7.41. The Morgan fingerprint density at radius 3 is 2.82 bits per heavy atom. The lowest BCUT2D eigenvalue weighted by atomic mass is 10.1. The molecule has 0 spiro atoms. The van der Waals surface area contributed by atoms with Crippen molar-refractivity contribution in [1.29, 1.82) is 0 Å². The maximum atomic E-state index is 11.7. The van der Waals surface area contributed by atoms with E-state index in [4.69, 9.17) is 5.73 Å². The van der Waals surface area contributed by atoms with E-state index in [9.17, 15) is 4.79 Å². The van der Waals surface area contributed by atoms with Crippen LogP contribution in [0, 0.1) is 6.92 Å². The minimum absolute atomic E-state index is 0.143. The molecule has 0 saturated carbocycles. The van der Waals surface area contributed by atoms with E-state index in [1.54, 1.807) is 0 Å². The average Bonchev–Trinajstić information content (AvgIpc) is 2.28. The van der Waals surface area contributed by atoms with Gasteiger partial charge in [0.05, 0.1) is 0 Å². The summed E-state index contributed by atoms with van der Waals surface area (Å²) in [7, 11) is 0. The molecule has 4 N–H and O–H groups in total. The quantitative estimate of drug-likeness (QED) is 0.732. The maximum absolute atomic E-state index is 11.7. The van der Waals surface area contributed by atoms with Crippen LogP contribution in [-0.4, -0.2) is 18.6 Å². The van der Waals surface area contributed by atoms with Gasteiger partial charge < -0.3 is 16.4 Å². The van der Waals surface area contributed by atoms with Crippen LogP contribution in [0.1, 0.15) is 25.3 Å². The Labute approximate surface area is 103 Å². The number of urea groups is 1. The SMILES string of the molecule is CCC(CCN)NC(=O)Nc1cccc(C)c1. The van der Waals surface area contributed by atoms with Crippen LogP contribution in [0.5, 0.6) is 0 Å². The number of aryl methyl sites for hydroxylation is 1. The molecule has 2 amide bonds. The number of carbonyl (C=O) groups is 1. The molecule has 0 radical (unpaired) electrons. The smallest absolute Gasteiger partial charge is 0.319 e. The Hall–Kier alpha value is -1.55. The van der Waals surface area contributed by atoms with Crippen molar-refractivity contribution in [3.05, 3.63) is 29.8 Å². The van der Waals surface area contributed by atoms with E-state index in [0.717, 1.165) is 24.1 Å². The van der Waals surface area contributed by atoms with Gasteiger partial charge in [0, 0.05) is 11.7 Å². The first-order chi connectivity index (χ1) is 8.15. The van der Waals surface area contributed by atoms with Gasteiger partial charge in [0.1, 0.15) is 0 Å². The Morgan fingerprint density at radius 2 is 2.24 bits per heavy atom. The van der Waals surface area contributed by atoms with Crippen molar-refractivity contribution < 1.29 is 4.79 Å². The van der Waals surface area contributed by atoms with Crippen LogP contribution in [0.25, 0.3) is 0 Å². The van der Waals surface area contributed by atoms with Crippen molar-refractivity contribution >= 4 is 11.7 Å². The van der Waals surface area contributed by atoms with E-state index in [0.29, 0.717) is 6.54 Å². The number of hydrogen-bond donors (Lipinski definition) is 3. The van der Waals surface area contributed by atoms with Gasteiger partial charge in [-0.05, 0) is 44.0 Å². The molecule has 0 bridgehead atoms. The number of amides is 2. The van der Waals surface area contributed by atoms with E-state index in [1.165, 1.54) is 0 Å². The minimum Gasteiger partial charge on any atom is -0.335 e. The molecule has 1 rings (SSSR count). The van der Waals surface area contributed by atoms with E-state index >= 15 is 0 Å². The number of rotatable bonds is 5. The second-order valence-electron chi connectivity index (χ2n) is 4.15. The molecule has 1 atom stereocenters. The van der Waals surface area contributed by atoms with Crippen molar-refractivity contribution in [1.82, 2.24) is 5.32 Å². The van der Waals surface area contributed by atoms with Gasteiger partial charge in [-0.25, -0.2) is 4.79 Å². The number of benzene rings is 1. The summed E-state index contributed by atoms with van der Waals surface area (Å²) in [4.78, 5) is 11.7. The molecular weight excluding hydrogens is 214 g/mol. The zero-order chi connectivity index (χ0) is 12.7. The minimum atomic E-state index is -0.170. The van der Waals surface area contributed by atoms with E-state index in [-0.39, 0.29) is 12.1 Å². The molecule has 1 aromatic rings. The molecular formula is C13H21N3O. The first-order valence-electron chi connectivity index (χ1n) is 6.00. The number of carbonyl (C=O) groups excluding carboxylic acids is 1. The fraction of sp³-hybridized carbons (Fsp3) is 0.462. The lowest BCUT2D eigenvalue weighted by Gasteiger charge is -2.16. The highest BCUT2D eigenvalue weighted by Gasteiger charge is 2.09. The van der Waals surface area contributed by atoms with Gasteiger partial charge in [0.15, 0.2) is 0 Å². The predicted molar refractivity (Wildman–Crippen MR) is 71.1 cm³/mol. The molecule has 1 aromatic carbocycles. The first-order valence-corrected chi connectivity index (χ1v) is 6.00. The molecule has 94 valence electrons. The Bertz CT molecular complexity index is 365. The Morgan fingerprint density at radius 1 is 1.47 bits per heavy atom. The highest BCUT2D eigenvalue weighted by Crippen LogP contribution is 2.09. The summed E-state index contributed by atoms with van der Waals surface area (Å²) >= 11 is 0. The van der Waals surface area contributed by atoms with Crippen LogP contribution in [-0.2, 0) is 0 Å². The van der Waals surface area contributed by atoms with Crippen LogP contribution < -0.4 is 16.4 Å². The normalized spacial score (nSPS) is 11.9. The van der Waals surface area contributed by atoms with Crippen molar-refractivity contribution in [3.63, 3.8) is 0 Å². The lowest BCUT2D eigenvalue weighted by Crippen LogP contribution is -2.38. The monoisotopic (exact) mass is 235 g/mol. The standard InChI is InChI=1S/C13H21N3O/c1-3-11(7-8-14)15-13(17)16-12-6-4-5-10(2)9-12/h4-6,9,11H,3,7-8,14H2,1-2H3,(H2,15,16,17). The van der Waals surface area contributed by atoms with Crippen LogP contribution in [0.3, 0.4) is 0 Å². The molecule has 1 unspecified atom stereocenters. The van der Waals surface area contributed by atoms with E-state index in [1.807, 2.05) is 38.1 Å². The zero-order valence-corrected chi connectivity index (χ0v) is 10.5. The van der Waals surface area contributed by atoms with Crippen molar-refractivity contribution in [3.8, 4) is 0 Å². The van der Waals surface area contributed by atoms with Crippen molar-refractivity contribution in [2.75, 3.05) is 11.9 Å². The second kappa shape index (κ2) is 6.91. The first kappa shape index (κ1) is 13.5. The molecule has 17 heavy (non-hydrogen) atoms. The fourth-order valence-corrected chi connectivity index (χ4v) is 1.65. The van der Waals surface area contributed by atoms with Gasteiger partial charge in [0.25, 0.3) is 0 Å². The third-order valence-corrected chi connectivity index (χ3v) is 2.62. The van der Waals surface area contributed by atoms with E-state index in [2.05, 4.69) is 10.6 Å². The summed E-state index contributed by atoms with van der Waals surface area (Å²) < 4.78 is 0. The third kappa shape index (κ3) is 4.87. The molecule has 4 nitrogen and oxygen atoms in total.